The summed E-state index contributed by atoms with van der Waals surface area (Å²) in [7, 11) is -1.88. The van der Waals surface area contributed by atoms with Crippen LogP contribution in [0.25, 0.3) is 0 Å². The van der Waals surface area contributed by atoms with Gasteiger partial charge in [-0.2, -0.15) is 0 Å². The monoisotopic (exact) mass is 169 g/mol. The zero-order valence-corrected chi connectivity index (χ0v) is 7.64. The van der Waals surface area contributed by atoms with Crippen LogP contribution in [0.4, 0.5) is 0 Å². The van der Waals surface area contributed by atoms with E-state index in [-0.39, 0.29) is 5.92 Å². The molecule has 0 aromatic carbocycles. The van der Waals surface area contributed by atoms with Crippen molar-refractivity contribution in [2.75, 3.05) is 0 Å². The summed E-state index contributed by atoms with van der Waals surface area (Å²) in [5.74, 6) is 0.202. The predicted molar refractivity (Wildman–Crippen MR) is 45.5 cm³/mol. The second-order valence-electron chi connectivity index (χ2n) is 3.05. The van der Waals surface area contributed by atoms with Crippen LogP contribution >= 0.6 is 7.94 Å². The van der Waals surface area contributed by atoms with E-state index in [1.54, 1.807) is 0 Å². The molecule has 1 N–H and O–H groups in total. The highest BCUT2D eigenvalue weighted by Gasteiger charge is 2.37. The summed E-state index contributed by atoms with van der Waals surface area (Å²) in [6.45, 7) is 3.85. The molecule has 0 radical (unpaired) electrons. The molecule has 3 unspecified atom stereocenters. The van der Waals surface area contributed by atoms with E-state index in [0.29, 0.717) is 0 Å². The number of nitrogens with one attached hydrogen (secondary N) is 1. The minimum absolute atomic E-state index is 0.202. The highest BCUT2D eigenvalue weighted by molar-refractivity contribution is 7.40. The molecule has 0 aliphatic heterocycles. The maximum atomic E-state index is 11.1. The molecule has 3 heteroatoms. The Morgan fingerprint density at radius 3 is 2.55 bits per heavy atom. The van der Waals surface area contributed by atoms with Crippen molar-refractivity contribution in [1.29, 1.82) is 5.16 Å². The fourth-order valence-corrected chi connectivity index (χ4v) is 1.76. The fourth-order valence-electron chi connectivity index (χ4n) is 1.08. The average Bonchev–Trinajstić information content (AvgIpc) is 1.95. The molecular weight excluding hydrogens is 157 g/mol. The first-order valence-electron chi connectivity index (χ1n) is 3.62. The van der Waals surface area contributed by atoms with Gasteiger partial charge in [0.05, 0.1) is 0 Å². The molecule has 0 bridgehead atoms. The van der Waals surface area contributed by atoms with Crippen LogP contribution in [-0.2, 0) is 0 Å². The van der Waals surface area contributed by atoms with E-state index >= 15 is 0 Å². The quantitative estimate of drug-likeness (QED) is 0.600. The lowest BCUT2D eigenvalue weighted by Gasteiger charge is -2.26. The molecule has 11 heavy (non-hydrogen) atoms. The normalized spacial score (nSPS) is 37.4. The van der Waals surface area contributed by atoms with E-state index in [0.717, 1.165) is 0 Å². The zero-order chi connectivity index (χ0) is 8.48. The molecule has 2 nitrogen and oxygen atoms in total. The van der Waals surface area contributed by atoms with Gasteiger partial charge in [-0.15, -0.1) is 5.16 Å². The van der Waals surface area contributed by atoms with Gasteiger partial charge < -0.3 is 4.89 Å². The highest BCUT2D eigenvalue weighted by atomic mass is 31.1. The highest BCUT2D eigenvalue weighted by Crippen LogP contribution is 2.42. The number of hydrogen-bond donors (Lipinski definition) is 1. The average molecular weight is 169 g/mol. The van der Waals surface area contributed by atoms with Crippen molar-refractivity contribution < 1.29 is 4.89 Å². The van der Waals surface area contributed by atoms with E-state index in [9.17, 15) is 4.89 Å². The maximum absolute atomic E-state index is 11.1. The molecule has 60 valence electrons. The van der Waals surface area contributed by atoms with Crippen molar-refractivity contribution in [1.82, 2.24) is 0 Å². The number of allylic oxidation sites excluding steroid dienone is 4. The summed E-state index contributed by atoms with van der Waals surface area (Å²) in [5.41, 5.74) is 0. The summed E-state index contributed by atoms with van der Waals surface area (Å²) in [4.78, 5) is 11.1. The minimum Gasteiger partial charge on any atom is -0.612 e. The first kappa shape index (κ1) is 8.63. The molecule has 0 saturated carbocycles. The molecule has 0 aromatic heterocycles. The van der Waals surface area contributed by atoms with Crippen LogP contribution in [0.3, 0.4) is 0 Å². The van der Waals surface area contributed by atoms with Gasteiger partial charge >= 0.3 is 0 Å². The summed E-state index contributed by atoms with van der Waals surface area (Å²) in [5, 5.41) is 6.77. The van der Waals surface area contributed by atoms with Gasteiger partial charge in [0.2, 0.25) is 0 Å². The van der Waals surface area contributed by atoms with Crippen molar-refractivity contribution in [3.63, 3.8) is 0 Å². The van der Waals surface area contributed by atoms with Crippen LogP contribution in [0.1, 0.15) is 13.8 Å². The van der Waals surface area contributed by atoms with Gasteiger partial charge in [0.15, 0.2) is 13.1 Å². The van der Waals surface area contributed by atoms with Gasteiger partial charge in [0, 0.05) is 5.92 Å². The first-order valence-corrected chi connectivity index (χ1v) is 4.88. The van der Waals surface area contributed by atoms with Gasteiger partial charge in [0.25, 0.3) is 0 Å². The van der Waals surface area contributed by atoms with Gasteiger partial charge in [-0.1, -0.05) is 25.2 Å². The Hall–Kier alpha value is -0.460. The molecule has 0 saturated heterocycles. The maximum Gasteiger partial charge on any atom is 0.170 e. The van der Waals surface area contributed by atoms with Gasteiger partial charge in [-0.25, -0.2) is 0 Å². The Labute approximate surface area is 68.0 Å². The molecule has 0 amide bonds. The van der Waals surface area contributed by atoms with Crippen LogP contribution in [0.2, 0.25) is 0 Å². The topological polar surface area (TPSA) is 46.9 Å². The van der Waals surface area contributed by atoms with Gasteiger partial charge in [-0.3, -0.25) is 0 Å². The van der Waals surface area contributed by atoms with Crippen LogP contribution in [0, 0.1) is 11.1 Å². The van der Waals surface area contributed by atoms with E-state index in [4.69, 9.17) is 5.16 Å². The lowest BCUT2D eigenvalue weighted by Crippen LogP contribution is -2.29. The van der Waals surface area contributed by atoms with E-state index < -0.39 is 13.1 Å². The van der Waals surface area contributed by atoms with Crippen molar-refractivity contribution in [3.8, 4) is 0 Å². The molecular formula is C8H12NOP. The SMILES string of the molecule is CC1C=CC=CC1(C)[P+](=N)[O-]. The smallest absolute Gasteiger partial charge is 0.170 e. The summed E-state index contributed by atoms with van der Waals surface area (Å²) >= 11 is 0. The third-order valence-electron chi connectivity index (χ3n) is 2.30. The number of hydrogen-bond acceptors (Lipinski definition) is 2. The minimum atomic E-state index is -1.88. The van der Waals surface area contributed by atoms with Crippen molar-refractivity contribution in [2.45, 2.75) is 19.0 Å². The Morgan fingerprint density at radius 1 is 1.55 bits per heavy atom. The molecule has 0 fully saturated rings. The van der Waals surface area contributed by atoms with Crippen molar-refractivity contribution in [3.05, 3.63) is 24.3 Å². The Morgan fingerprint density at radius 2 is 2.18 bits per heavy atom. The summed E-state index contributed by atoms with van der Waals surface area (Å²) in [6.07, 6.45) is 7.65. The molecule has 0 heterocycles. The van der Waals surface area contributed by atoms with E-state index in [1.165, 1.54) is 0 Å². The molecule has 1 aliphatic carbocycles. The van der Waals surface area contributed by atoms with Crippen molar-refractivity contribution in [2.24, 2.45) is 5.92 Å². The van der Waals surface area contributed by atoms with E-state index in [2.05, 4.69) is 0 Å². The molecule has 1 rings (SSSR count). The Bertz CT molecular complexity index is 234. The van der Waals surface area contributed by atoms with Crippen LogP contribution in [0.15, 0.2) is 24.3 Å². The lowest BCUT2D eigenvalue weighted by atomic mass is 9.91. The van der Waals surface area contributed by atoms with Crippen LogP contribution < -0.4 is 4.89 Å². The molecule has 1 aliphatic rings. The second kappa shape index (κ2) is 2.88. The second-order valence-corrected chi connectivity index (χ2v) is 4.61. The molecule has 0 spiro atoms. The third kappa shape index (κ3) is 1.42. The van der Waals surface area contributed by atoms with Crippen LogP contribution in [0.5, 0.6) is 0 Å². The number of rotatable bonds is 1. The lowest BCUT2D eigenvalue weighted by molar-refractivity contribution is -0.160. The zero-order valence-electron chi connectivity index (χ0n) is 6.74. The van der Waals surface area contributed by atoms with Crippen molar-refractivity contribution >= 4 is 7.94 Å². The molecule has 0 aromatic rings. The Kier molecular flexibility index (Phi) is 2.26. The fraction of sp³-hybridized carbons (Fsp3) is 0.500. The Balaban J connectivity index is 2.94. The molecule has 3 atom stereocenters. The largest absolute Gasteiger partial charge is 0.612 e. The standard InChI is InChI=1S/C8H12NOP/c1-7-5-3-4-6-8(7,2)11(9)10/h3-7,9H,1-2H3. The summed E-state index contributed by atoms with van der Waals surface area (Å²) in [6, 6.07) is 0. The third-order valence-corrected chi connectivity index (χ3v) is 3.74. The van der Waals surface area contributed by atoms with E-state index in [1.807, 2.05) is 38.2 Å². The summed E-state index contributed by atoms with van der Waals surface area (Å²) < 4.78 is 0. The predicted octanol–water partition coefficient (Wildman–Crippen LogP) is 2.03. The first-order chi connectivity index (χ1) is 5.07. The van der Waals surface area contributed by atoms with Crippen LogP contribution in [-0.4, -0.2) is 5.16 Å². The van der Waals surface area contributed by atoms with Gasteiger partial charge in [-0.05, 0) is 13.0 Å². The van der Waals surface area contributed by atoms with Gasteiger partial charge in [0.1, 0.15) is 0 Å².